The molecular formula is C19H22N2O7. The number of urea groups is 1. The Balaban J connectivity index is 1.70. The number of carbonyl (C=O) groups excluding carboxylic acids is 3. The lowest BCUT2D eigenvalue weighted by atomic mass is 10.0. The molecule has 3 rings (SSSR count). The zero-order valence-corrected chi connectivity index (χ0v) is 15.7. The van der Waals surface area contributed by atoms with Crippen molar-refractivity contribution in [2.45, 2.75) is 32.4 Å². The van der Waals surface area contributed by atoms with Crippen molar-refractivity contribution in [2.75, 3.05) is 19.8 Å². The fraction of sp³-hybridized carbons (Fsp3) is 0.421. The van der Waals surface area contributed by atoms with Crippen LogP contribution in [0.1, 0.15) is 20.3 Å². The van der Waals surface area contributed by atoms with Gasteiger partial charge in [-0.05, 0) is 25.5 Å². The van der Waals surface area contributed by atoms with Crippen LogP contribution in [0.3, 0.4) is 0 Å². The van der Waals surface area contributed by atoms with Crippen LogP contribution in [0.4, 0.5) is 4.79 Å². The monoisotopic (exact) mass is 390 g/mol. The second-order valence-electron chi connectivity index (χ2n) is 6.14. The Hall–Kier alpha value is -3.23. The molecule has 0 saturated carbocycles. The van der Waals surface area contributed by atoms with E-state index in [2.05, 4.69) is 10.6 Å². The average molecular weight is 390 g/mol. The number of ether oxygens (including phenoxy) is 4. The molecule has 0 spiro atoms. The van der Waals surface area contributed by atoms with E-state index in [4.69, 9.17) is 18.9 Å². The van der Waals surface area contributed by atoms with E-state index in [1.807, 2.05) is 6.92 Å². The number of benzene rings is 1. The highest BCUT2D eigenvalue weighted by molar-refractivity contribution is 5.95. The summed E-state index contributed by atoms with van der Waals surface area (Å²) in [6, 6.07) is 5.99. The minimum atomic E-state index is -0.944. The molecule has 9 heteroatoms. The van der Waals surface area contributed by atoms with Crippen molar-refractivity contribution >= 4 is 18.0 Å². The van der Waals surface area contributed by atoms with Gasteiger partial charge in [0.15, 0.2) is 11.5 Å². The van der Waals surface area contributed by atoms with Crippen LogP contribution in [0.25, 0.3) is 0 Å². The molecule has 150 valence electrons. The predicted molar refractivity (Wildman–Crippen MR) is 96.7 cm³/mol. The first kappa shape index (κ1) is 19.5. The normalized spacial score (nSPS) is 20.7. The topological polar surface area (TPSA) is 112 Å². The highest BCUT2D eigenvalue weighted by atomic mass is 16.6. The zero-order chi connectivity index (χ0) is 20.1. The van der Waals surface area contributed by atoms with E-state index in [9.17, 15) is 14.4 Å². The zero-order valence-electron chi connectivity index (χ0n) is 15.7. The molecule has 0 bridgehead atoms. The molecule has 2 atom stereocenters. The van der Waals surface area contributed by atoms with Crippen LogP contribution in [0, 0.1) is 0 Å². The molecule has 28 heavy (non-hydrogen) atoms. The molecular weight excluding hydrogens is 368 g/mol. The molecule has 1 aromatic rings. The highest BCUT2D eigenvalue weighted by Crippen LogP contribution is 2.31. The number of para-hydroxylation sites is 2. The Kier molecular flexibility index (Phi) is 6.03. The second-order valence-corrected chi connectivity index (χ2v) is 6.14. The van der Waals surface area contributed by atoms with Crippen LogP contribution in [-0.2, 0) is 19.1 Å². The van der Waals surface area contributed by atoms with E-state index in [1.165, 1.54) is 0 Å². The Morgan fingerprint density at radius 1 is 1.18 bits per heavy atom. The van der Waals surface area contributed by atoms with Gasteiger partial charge in [0.05, 0.1) is 23.9 Å². The summed E-state index contributed by atoms with van der Waals surface area (Å²) in [5.41, 5.74) is 0.433. The van der Waals surface area contributed by atoms with E-state index in [0.717, 1.165) is 0 Å². The fourth-order valence-electron chi connectivity index (χ4n) is 2.95. The summed E-state index contributed by atoms with van der Waals surface area (Å²) in [6.45, 7) is 3.41. The summed E-state index contributed by atoms with van der Waals surface area (Å²) in [5, 5.41) is 5.18. The predicted octanol–water partition coefficient (Wildman–Crippen LogP) is 1.28. The van der Waals surface area contributed by atoms with Gasteiger partial charge in [0.2, 0.25) is 6.10 Å². The van der Waals surface area contributed by atoms with Gasteiger partial charge in [0.25, 0.3) is 0 Å². The van der Waals surface area contributed by atoms with Gasteiger partial charge < -0.3 is 29.6 Å². The summed E-state index contributed by atoms with van der Waals surface area (Å²) in [6.07, 6.45) is -0.462. The molecule has 1 aromatic carbocycles. The third-order valence-corrected chi connectivity index (χ3v) is 4.28. The first-order valence-electron chi connectivity index (χ1n) is 9.06. The van der Waals surface area contributed by atoms with Gasteiger partial charge in [-0.3, -0.25) is 0 Å². The first-order chi connectivity index (χ1) is 13.5. The number of rotatable bonds is 6. The molecule has 0 saturated heterocycles. The van der Waals surface area contributed by atoms with E-state index in [0.29, 0.717) is 17.9 Å². The van der Waals surface area contributed by atoms with Gasteiger partial charge in [-0.25, -0.2) is 14.4 Å². The second kappa shape index (κ2) is 8.64. The molecule has 2 amide bonds. The number of carbonyl (C=O) groups is 3. The van der Waals surface area contributed by atoms with Crippen LogP contribution in [0.15, 0.2) is 35.5 Å². The quantitative estimate of drug-likeness (QED) is 0.704. The smallest absolute Gasteiger partial charge is 0.351 e. The van der Waals surface area contributed by atoms with Gasteiger partial charge in [-0.1, -0.05) is 19.1 Å². The molecule has 2 N–H and O–H groups in total. The number of hydrogen-bond acceptors (Lipinski definition) is 7. The average Bonchev–Trinajstić information content (AvgIpc) is 2.71. The summed E-state index contributed by atoms with van der Waals surface area (Å²) in [7, 11) is 0. The first-order valence-corrected chi connectivity index (χ1v) is 9.06. The molecule has 0 aromatic heterocycles. The molecule has 0 unspecified atom stereocenters. The van der Waals surface area contributed by atoms with Gasteiger partial charge in [-0.15, -0.1) is 0 Å². The summed E-state index contributed by atoms with van der Waals surface area (Å²) in [5.74, 6) is -0.233. The lowest BCUT2D eigenvalue weighted by Crippen LogP contribution is -2.51. The third-order valence-electron chi connectivity index (χ3n) is 4.28. The standard InChI is InChI=1S/C19H22N2O7/c1-3-11-16(18(23)25-4-2)12(21-19(24)20-11)9-27-17(22)15-10-26-13-7-5-6-8-14(13)28-15/h5-8,11,15H,3-4,9-10H2,1-2H3,(H2,20,21,24)/t11-,15-/m1/s1. The van der Waals surface area contributed by atoms with Crippen LogP contribution in [0.5, 0.6) is 11.5 Å². The van der Waals surface area contributed by atoms with Crippen molar-refractivity contribution in [3.8, 4) is 11.5 Å². The molecule has 0 aliphatic carbocycles. The van der Waals surface area contributed by atoms with Crippen LogP contribution in [-0.4, -0.2) is 49.9 Å². The van der Waals surface area contributed by atoms with E-state index >= 15 is 0 Å². The lowest BCUT2D eigenvalue weighted by Gasteiger charge is -2.29. The van der Waals surface area contributed by atoms with Crippen LogP contribution < -0.4 is 20.1 Å². The number of esters is 2. The fourth-order valence-corrected chi connectivity index (χ4v) is 2.95. The van der Waals surface area contributed by atoms with E-state index < -0.39 is 30.1 Å². The van der Waals surface area contributed by atoms with Gasteiger partial charge >= 0.3 is 18.0 Å². The maximum absolute atomic E-state index is 12.4. The lowest BCUT2D eigenvalue weighted by molar-refractivity contribution is -0.153. The van der Waals surface area contributed by atoms with Gasteiger partial charge in [-0.2, -0.15) is 0 Å². The molecule has 2 aliphatic heterocycles. The van der Waals surface area contributed by atoms with Gasteiger partial charge in [0, 0.05) is 0 Å². The van der Waals surface area contributed by atoms with E-state index in [1.54, 1.807) is 31.2 Å². The van der Waals surface area contributed by atoms with Crippen LogP contribution in [0.2, 0.25) is 0 Å². The molecule has 0 radical (unpaired) electrons. The Labute approximate surface area is 162 Å². The number of hydrogen-bond donors (Lipinski definition) is 2. The maximum atomic E-state index is 12.4. The van der Waals surface area contributed by atoms with Crippen molar-refractivity contribution in [2.24, 2.45) is 0 Å². The number of amides is 2. The minimum absolute atomic E-state index is 0.00509. The molecule has 2 heterocycles. The van der Waals surface area contributed by atoms with Crippen molar-refractivity contribution in [1.82, 2.24) is 10.6 Å². The third kappa shape index (κ3) is 4.19. The molecule has 0 fully saturated rings. The van der Waals surface area contributed by atoms with E-state index in [-0.39, 0.29) is 31.1 Å². The maximum Gasteiger partial charge on any atom is 0.351 e. The molecule has 9 nitrogen and oxygen atoms in total. The Bertz CT molecular complexity index is 805. The highest BCUT2D eigenvalue weighted by Gasteiger charge is 2.33. The minimum Gasteiger partial charge on any atom is -0.485 e. The SMILES string of the molecule is CCOC(=O)C1=C(COC(=O)[C@H]2COc3ccccc3O2)NC(=O)N[C@@H]1CC. The number of fused-ring (bicyclic) bond motifs is 1. The van der Waals surface area contributed by atoms with Crippen molar-refractivity contribution in [1.29, 1.82) is 0 Å². The number of nitrogens with one attached hydrogen (secondary N) is 2. The summed E-state index contributed by atoms with van der Waals surface area (Å²) < 4.78 is 21.5. The Morgan fingerprint density at radius 3 is 2.64 bits per heavy atom. The van der Waals surface area contributed by atoms with Gasteiger partial charge in [0.1, 0.15) is 13.2 Å². The Morgan fingerprint density at radius 2 is 1.93 bits per heavy atom. The molecule has 2 aliphatic rings. The summed E-state index contributed by atoms with van der Waals surface area (Å²) in [4.78, 5) is 36.6. The van der Waals surface area contributed by atoms with Crippen molar-refractivity contribution in [3.63, 3.8) is 0 Å². The van der Waals surface area contributed by atoms with Crippen molar-refractivity contribution < 1.29 is 33.3 Å². The van der Waals surface area contributed by atoms with Crippen LogP contribution >= 0.6 is 0 Å². The summed E-state index contributed by atoms with van der Waals surface area (Å²) >= 11 is 0. The largest absolute Gasteiger partial charge is 0.485 e. The van der Waals surface area contributed by atoms with Crippen molar-refractivity contribution in [3.05, 3.63) is 35.5 Å².